The Labute approximate surface area is 189 Å². The van der Waals surface area contributed by atoms with Gasteiger partial charge >= 0.3 is 0 Å². The molecule has 0 aromatic rings. The fourth-order valence-electron chi connectivity index (χ4n) is 10.6. The third kappa shape index (κ3) is 2.57. The van der Waals surface area contributed by atoms with Crippen molar-refractivity contribution in [2.45, 2.75) is 110 Å². The van der Waals surface area contributed by atoms with Crippen molar-refractivity contribution in [3.63, 3.8) is 0 Å². The number of carbonyl (C=O) groups excluding carboxylic acids is 1. The lowest BCUT2D eigenvalue weighted by Gasteiger charge is -2.71. The highest BCUT2D eigenvalue weighted by atomic mass is 16.3. The van der Waals surface area contributed by atoms with Gasteiger partial charge < -0.3 is 10.8 Å². The van der Waals surface area contributed by atoms with Crippen LogP contribution in [-0.4, -0.2) is 22.0 Å². The van der Waals surface area contributed by atoms with Gasteiger partial charge in [-0.3, -0.25) is 4.79 Å². The van der Waals surface area contributed by atoms with Gasteiger partial charge in [0.1, 0.15) is 5.78 Å². The molecule has 5 saturated carbocycles. The van der Waals surface area contributed by atoms with Crippen molar-refractivity contribution in [3.8, 4) is 0 Å². The number of Topliss-reactive ketones (excluding diaryl/α,β-unsaturated/α-hetero) is 1. The highest BCUT2D eigenvalue weighted by Crippen LogP contribution is 2.72. The van der Waals surface area contributed by atoms with E-state index in [1.807, 2.05) is 0 Å². The number of aliphatic hydroxyl groups is 1. The predicted octanol–water partition coefficient (Wildman–Crippen LogP) is 5.65. The normalized spacial score (nSPS) is 55.6. The van der Waals surface area contributed by atoms with Crippen LogP contribution in [0.2, 0.25) is 0 Å². The molecule has 4 unspecified atom stereocenters. The van der Waals surface area contributed by atoms with Gasteiger partial charge in [0.25, 0.3) is 0 Å². The van der Waals surface area contributed by atoms with Gasteiger partial charge in [-0.25, -0.2) is 0 Å². The first-order chi connectivity index (χ1) is 14.3. The maximum atomic E-state index is 12.8. The van der Waals surface area contributed by atoms with Gasteiger partial charge in [-0.15, -0.1) is 0 Å². The number of rotatable bonds is 1. The van der Waals surface area contributed by atoms with E-state index < -0.39 is 5.60 Å². The summed E-state index contributed by atoms with van der Waals surface area (Å²) in [6.45, 7) is 15.9. The molecule has 0 heterocycles. The summed E-state index contributed by atoms with van der Waals surface area (Å²) in [4.78, 5) is 12.8. The van der Waals surface area contributed by atoms with Crippen LogP contribution in [0.3, 0.4) is 0 Å². The minimum atomic E-state index is -0.541. The number of nitrogens with two attached hydrogens (primary N) is 1. The van der Waals surface area contributed by atoms with Crippen molar-refractivity contribution < 1.29 is 9.90 Å². The van der Waals surface area contributed by atoms with Crippen molar-refractivity contribution >= 4 is 5.78 Å². The molecule has 5 fully saturated rings. The molecule has 0 spiro atoms. The lowest BCUT2D eigenvalue weighted by molar-refractivity contribution is -0.214. The highest BCUT2D eigenvalue weighted by Gasteiger charge is 2.71. The quantitative estimate of drug-likeness (QED) is 0.532. The Morgan fingerprint density at radius 2 is 1.68 bits per heavy atom. The first kappa shape index (κ1) is 22.1. The minimum absolute atomic E-state index is 0.0845. The zero-order valence-corrected chi connectivity index (χ0v) is 20.6. The largest absolute Gasteiger partial charge is 0.390 e. The van der Waals surface area contributed by atoms with E-state index in [2.05, 4.69) is 41.2 Å². The molecule has 0 radical (unpaired) electrons. The van der Waals surface area contributed by atoms with Crippen LogP contribution in [-0.2, 0) is 4.79 Å². The Morgan fingerprint density at radius 1 is 0.968 bits per heavy atom. The first-order valence-electron chi connectivity index (χ1n) is 13.0. The lowest BCUT2D eigenvalue weighted by atomic mass is 9.34. The molecule has 0 aliphatic heterocycles. The third-order valence-corrected chi connectivity index (χ3v) is 12.3. The van der Waals surface area contributed by atoms with Crippen LogP contribution in [0.4, 0.5) is 0 Å². The standard InChI is InChI=1S/C28H45NO2/c1-17(2)18-9-14-27(31)15-16-28(29)19(23(18)27)7-8-21-25(5)12-11-22(30)24(3,4)20(25)10-13-26(21,28)6/h18-21,23,31H,1,7-16,29H2,2-6H3/t18-,19?,20?,21?,23?,25-,26+,27-,28-/m0/s1. The van der Waals surface area contributed by atoms with E-state index in [1.165, 1.54) is 12.0 Å². The summed E-state index contributed by atoms with van der Waals surface area (Å²) in [5, 5.41) is 11.7. The second-order valence-corrected chi connectivity index (χ2v) is 13.6. The van der Waals surface area contributed by atoms with Gasteiger partial charge in [0.2, 0.25) is 0 Å². The maximum Gasteiger partial charge on any atom is 0.138 e. The van der Waals surface area contributed by atoms with Crippen molar-refractivity contribution in [3.05, 3.63) is 12.2 Å². The van der Waals surface area contributed by atoms with Crippen molar-refractivity contribution in [2.24, 2.45) is 51.6 Å². The summed E-state index contributed by atoms with van der Waals surface area (Å²) in [5.41, 5.74) is 8.14. The van der Waals surface area contributed by atoms with E-state index in [0.717, 1.165) is 57.8 Å². The number of allylic oxidation sites excluding steroid dienone is 1. The Morgan fingerprint density at radius 3 is 2.35 bits per heavy atom. The molecule has 9 atom stereocenters. The Bertz CT molecular complexity index is 818. The molecule has 174 valence electrons. The second kappa shape index (κ2) is 6.47. The Balaban J connectivity index is 1.55. The number of ketones is 1. The lowest BCUT2D eigenvalue weighted by Crippen LogP contribution is -2.74. The first-order valence-corrected chi connectivity index (χ1v) is 13.0. The van der Waals surface area contributed by atoms with Crippen LogP contribution in [0.25, 0.3) is 0 Å². The molecule has 3 nitrogen and oxygen atoms in total. The van der Waals surface area contributed by atoms with E-state index >= 15 is 0 Å². The molecule has 0 amide bonds. The van der Waals surface area contributed by atoms with Crippen LogP contribution in [0.5, 0.6) is 0 Å². The second-order valence-electron chi connectivity index (χ2n) is 13.6. The molecule has 5 aliphatic rings. The Kier molecular flexibility index (Phi) is 4.62. The summed E-state index contributed by atoms with van der Waals surface area (Å²) in [7, 11) is 0. The predicted molar refractivity (Wildman–Crippen MR) is 125 cm³/mol. The molecule has 0 bridgehead atoms. The Hall–Kier alpha value is -0.670. The smallest absolute Gasteiger partial charge is 0.138 e. The maximum absolute atomic E-state index is 12.8. The van der Waals surface area contributed by atoms with Crippen LogP contribution in [0.1, 0.15) is 98.8 Å². The van der Waals surface area contributed by atoms with E-state index in [0.29, 0.717) is 29.5 Å². The van der Waals surface area contributed by atoms with Crippen molar-refractivity contribution in [1.82, 2.24) is 0 Å². The molecule has 0 aromatic heterocycles. The van der Waals surface area contributed by atoms with Crippen molar-refractivity contribution in [2.75, 3.05) is 0 Å². The van der Waals surface area contributed by atoms with Crippen LogP contribution in [0, 0.1) is 45.8 Å². The fraction of sp³-hybridized carbons (Fsp3) is 0.893. The fourth-order valence-corrected chi connectivity index (χ4v) is 10.6. The van der Waals surface area contributed by atoms with Gasteiger partial charge in [-0.05, 0) is 105 Å². The number of carbonyl (C=O) groups is 1. The number of hydrogen-bond acceptors (Lipinski definition) is 3. The van der Waals surface area contributed by atoms with Crippen molar-refractivity contribution in [1.29, 1.82) is 0 Å². The van der Waals surface area contributed by atoms with Gasteiger partial charge in [0.15, 0.2) is 0 Å². The van der Waals surface area contributed by atoms with Crippen LogP contribution in [0.15, 0.2) is 12.2 Å². The molecule has 5 rings (SSSR count). The molecule has 31 heavy (non-hydrogen) atoms. The zero-order chi connectivity index (χ0) is 22.6. The van der Waals surface area contributed by atoms with Gasteiger partial charge in [0.05, 0.1) is 5.60 Å². The van der Waals surface area contributed by atoms with E-state index in [4.69, 9.17) is 5.73 Å². The zero-order valence-electron chi connectivity index (χ0n) is 20.6. The average molecular weight is 428 g/mol. The summed E-state index contributed by atoms with van der Waals surface area (Å²) in [6, 6.07) is 0. The van der Waals surface area contributed by atoms with E-state index in [9.17, 15) is 9.90 Å². The molecule has 3 N–H and O–H groups in total. The summed E-state index contributed by atoms with van der Waals surface area (Å²) < 4.78 is 0. The molecule has 0 aromatic carbocycles. The molecule has 5 aliphatic carbocycles. The molecule has 3 heteroatoms. The third-order valence-electron chi connectivity index (χ3n) is 12.3. The van der Waals surface area contributed by atoms with Gasteiger partial charge in [-0.1, -0.05) is 39.8 Å². The van der Waals surface area contributed by atoms with Gasteiger partial charge in [-0.2, -0.15) is 0 Å². The average Bonchev–Trinajstić information content (AvgIpc) is 3.04. The molecule has 0 saturated heterocycles. The molecular formula is C28H45NO2. The van der Waals surface area contributed by atoms with Crippen LogP contribution >= 0.6 is 0 Å². The summed E-state index contributed by atoms with van der Waals surface area (Å²) in [5.74, 6) is 2.58. The van der Waals surface area contributed by atoms with Crippen LogP contribution < -0.4 is 5.73 Å². The SMILES string of the molecule is C=C(C)[C@@H]1CC[C@]2(O)CC[C@]3(N)C(CCC4[C@@]5(C)CCC(=O)C(C)(C)C5CC[C@]43C)C12. The van der Waals surface area contributed by atoms with E-state index in [-0.39, 0.29) is 27.7 Å². The minimum Gasteiger partial charge on any atom is -0.390 e. The summed E-state index contributed by atoms with van der Waals surface area (Å²) in [6.07, 6.45) is 10.1. The summed E-state index contributed by atoms with van der Waals surface area (Å²) >= 11 is 0. The highest BCUT2D eigenvalue weighted by molar-refractivity contribution is 5.85. The van der Waals surface area contributed by atoms with E-state index in [1.54, 1.807) is 0 Å². The number of hydrogen-bond donors (Lipinski definition) is 2. The topological polar surface area (TPSA) is 63.3 Å². The van der Waals surface area contributed by atoms with Gasteiger partial charge in [0, 0.05) is 17.4 Å². The number of fused-ring (bicyclic) bond motifs is 7. The monoisotopic (exact) mass is 427 g/mol. The molecular weight excluding hydrogens is 382 g/mol.